The normalized spacial score (nSPS) is 19.8. The monoisotopic (exact) mass is 248 g/mol. The van der Waals surface area contributed by atoms with Crippen molar-refractivity contribution < 1.29 is 5.11 Å². The molecule has 1 fully saturated rings. The molecule has 1 aliphatic rings. The fourth-order valence-electron chi connectivity index (χ4n) is 2.18. The molecule has 0 bridgehead atoms. The molecule has 1 aromatic heterocycles. The summed E-state index contributed by atoms with van der Waals surface area (Å²) in [6.07, 6.45) is 1.64. The van der Waals surface area contributed by atoms with Crippen molar-refractivity contribution in [1.29, 1.82) is 0 Å². The van der Waals surface area contributed by atoms with Crippen LogP contribution in [0.25, 0.3) is 10.2 Å². The minimum Gasteiger partial charge on any atom is -0.390 e. The molecule has 0 spiro atoms. The van der Waals surface area contributed by atoms with Crippen LogP contribution in [0.15, 0.2) is 24.3 Å². The first-order chi connectivity index (χ1) is 8.14. The molecule has 2 heterocycles. The molecule has 0 aliphatic carbocycles. The summed E-state index contributed by atoms with van der Waals surface area (Å²) in [5.41, 5.74) is 0.581. The molecular formula is C13H16N2OS. The summed E-state index contributed by atoms with van der Waals surface area (Å²) in [6, 6.07) is 8.23. The van der Waals surface area contributed by atoms with Crippen LogP contribution >= 0.6 is 11.3 Å². The second-order valence-electron chi connectivity index (χ2n) is 4.95. The van der Waals surface area contributed by atoms with E-state index in [0.717, 1.165) is 36.6 Å². The average molecular weight is 248 g/mol. The number of rotatable bonds is 1. The van der Waals surface area contributed by atoms with Crippen LogP contribution in [-0.2, 0) is 0 Å². The summed E-state index contributed by atoms with van der Waals surface area (Å²) in [7, 11) is 0. The maximum absolute atomic E-state index is 9.94. The van der Waals surface area contributed by atoms with E-state index in [1.165, 1.54) is 4.70 Å². The fraction of sp³-hybridized carbons (Fsp3) is 0.462. The highest BCUT2D eigenvalue weighted by molar-refractivity contribution is 7.22. The van der Waals surface area contributed by atoms with Crippen molar-refractivity contribution in [3.8, 4) is 0 Å². The second-order valence-corrected chi connectivity index (χ2v) is 5.96. The first-order valence-corrected chi connectivity index (χ1v) is 6.79. The lowest BCUT2D eigenvalue weighted by molar-refractivity contribution is 0.0351. The highest BCUT2D eigenvalue weighted by Crippen LogP contribution is 2.32. The third-order valence-electron chi connectivity index (χ3n) is 3.39. The first-order valence-electron chi connectivity index (χ1n) is 5.97. The Balaban J connectivity index is 1.85. The van der Waals surface area contributed by atoms with E-state index in [0.29, 0.717) is 0 Å². The molecule has 1 N–H and O–H groups in total. The van der Waals surface area contributed by atoms with Gasteiger partial charge in [0.25, 0.3) is 0 Å². The van der Waals surface area contributed by atoms with Crippen molar-refractivity contribution >= 4 is 26.7 Å². The highest BCUT2D eigenvalue weighted by Gasteiger charge is 2.28. The Morgan fingerprint density at radius 2 is 2.00 bits per heavy atom. The zero-order valence-corrected chi connectivity index (χ0v) is 10.7. The van der Waals surface area contributed by atoms with Crippen molar-refractivity contribution in [3.63, 3.8) is 0 Å². The van der Waals surface area contributed by atoms with E-state index in [9.17, 15) is 5.11 Å². The van der Waals surface area contributed by atoms with Crippen LogP contribution in [0.1, 0.15) is 19.8 Å². The molecule has 90 valence electrons. The van der Waals surface area contributed by atoms with Gasteiger partial charge in [0.05, 0.1) is 15.8 Å². The number of fused-ring (bicyclic) bond motifs is 1. The molecule has 0 amide bonds. The standard InChI is InChI=1S/C13H16N2OS/c1-13(16)6-8-15(9-7-13)12-14-10-4-2-3-5-11(10)17-12/h2-5,16H,6-9H2,1H3. The smallest absolute Gasteiger partial charge is 0.186 e. The molecule has 0 atom stereocenters. The van der Waals surface area contributed by atoms with Gasteiger partial charge in [0.1, 0.15) is 0 Å². The van der Waals surface area contributed by atoms with E-state index in [2.05, 4.69) is 22.0 Å². The number of anilines is 1. The van der Waals surface area contributed by atoms with Crippen LogP contribution in [0.3, 0.4) is 0 Å². The summed E-state index contributed by atoms with van der Waals surface area (Å²) in [6.45, 7) is 3.71. The molecule has 2 aromatic rings. The fourth-order valence-corrected chi connectivity index (χ4v) is 3.19. The van der Waals surface area contributed by atoms with Gasteiger partial charge in [-0.05, 0) is 31.9 Å². The molecule has 3 nitrogen and oxygen atoms in total. The van der Waals surface area contributed by atoms with E-state index in [4.69, 9.17) is 0 Å². The number of nitrogens with zero attached hydrogens (tertiary/aromatic N) is 2. The van der Waals surface area contributed by atoms with Gasteiger partial charge in [0.2, 0.25) is 0 Å². The van der Waals surface area contributed by atoms with Gasteiger partial charge in [-0.3, -0.25) is 0 Å². The number of aromatic nitrogens is 1. The Bertz CT molecular complexity index is 492. The van der Waals surface area contributed by atoms with Crippen molar-refractivity contribution in [2.24, 2.45) is 0 Å². The number of hydrogen-bond acceptors (Lipinski definition) is 4. The zero-order chi connectivity index (χ0) is 11.9. The lowest BCUT2D eigenvalue weighted by Gasteiger charge is -2.35. The molecule has 1 saturated heterocycles. The Morgan fingerprint density at radius 1 is 1.29 bits per heavy atom. The maximum atomic E-state index is 9.94. The number of thiazole rings is 1. The van der Waals surface area contributed by atoms with Gasteiger partial charge < -0.3 is 10.0 Å². The number of aliphatic hydroxyl groups is 1. The summed E-state index contributed by atoms with van der Waals surface area (Å²) >= 11 is 1.74. The van der Waals surface area contributed by atoms with Gasteiger partial charge in [-0.1, -0.05) is 23.5 Å². The predicted octanol–water partition coefficient (Wildman–Crippen LogP) is 2.65. The van der Waals surface area contributed by atoms with Crippen molar-refractivity contribution in [3.05, 3.63) is 24.3 Å². The third-order valence-corrected chi connectivity index (χ3v) is 4.49. The van der Waals surface area contributed by atoms with Crippen LogP contribution < -0.4 is 4.90 Å². The molecule has 17 heavy (non-hydrogen) atoms. The van der Waals surface area contributed by atoms with Crippen molar-refractivity contribution in [2.45, 2.75) is 25.4 Å². The van der Waals surface area contributed by atoms with Gasteiger partial charge in [-0.25, -0.2) is 4.98 Å². The number of piperidine rings is 1. The second kappa shape index (κ2) is 3.96. The van der Waals surface area contributed by atoms with Crippen molar-refractivity contribution in [2.75, 3.05) is 18.0 Å². The van der Waals surface area contributed by atoms with Crippen LogP contribution in [-0.4, -0.2) is 28.8 Å². The third kappa shape index (κ3) is 2.15. The van der Waals surface area contributed by atoms with E-state index < -0.39 is 5.60 Å². The summed E-state index contributed by atoms with van der Waals surface area (Å²) in [4.78, 5) is 6.93. The van der Waals surface area contributed by atoms with Gasteiger partial charge in [0, 0.05) is 13.1 Å². The largest absolute Gasteiger partial charge is 0.390 e. The Kier molecular flexibility index (Phi) is 2.56. The van der Waals surface area contributed by atoms with Crippen LogP contribution in [0.4, 0.5) is 5.13 Å². The lowest BCUT2D eigenvalue weighted by atomic mass is 9.94. The van der Waals surface area contributed by atoms with Crippen LogP contribution in [0, 0.1) is 0 Å². The summed E-state index contributed by atoms with van der Waals surface area (Å²) in [5, 5.41) is 11.0. The van der Waals surface area contributed by atoms with Crippen molar-refractivity contribution in [1.82, 2.24) is 4.98 Å². The minimum atomic E-state index is -0.493. The molecule has 0 radical (unpaired) electrons. The number of para-hydroxylation sites is 1. The van der Waals surface area contributed by atoms with Crippen LogP contribution in [0.5, 0.6) is 0 Å². The molecule has 3 rings (SSSR count). The van der Waals surface area contributed by atoms with E-state index >= 15 is 0 Å². The average Bonchev–Trinajstić information content (AvgIpc) is 2.72. The van der Waals surface area contributed by atoms with Gasteiger partial charge >= 0.3 is 0 Å². The number of benzene rings is 1. The molecule has 4 heteroatoms. The number of hydrogen-bond donors (Lipinski definition) is 1. The molecule has 0 unspecified atom stereocenters. The zero-order valence-electron chi connectivity index (χ0n) is 9.89. The lowest BCUT2D eigenvalue weighted by Crippen LogP contribution is -2.42. The SMILES string of the molecule is CC1(O)CCN(c2nc3ccccc3s2)CC1. The summed E-state index contributed by atoms with van der Waals surface area (Å²) in [5.74, 6) is 0. The maximum Gasteiger partial charge on any atom is 0.186 e. The topological polar surface area (TPSA) is 36.4 Å². The van der Waals surface area contributed by atoms with E-state index in [-0.39, 0.29) is 0 Å². The Morgan fingerprint density at radius 3 is 2.71 bits per heavy atom. The van der Waals surface area contributed by atoms with Gasteiger partial charge in [0.15, 0.2) is 5.13 Å². The molecular weight excluding hydrogens is 232 g/mol. The van der Waals surface area contributed by atoms with Gasteiger partial charge in [-0.2, -0.15) is 0 Å². The predicted molar refractivity (Wildman–Crippen MR) is 71.7 cm³/mol. The Hall–Kier alpha value is -1.13. The molecule has 0 saturated carbocycles. The van der Waals surface area contributed by atoms with E-state index in [1.54, 1.807) is 11.3 Å². The van der Waals surface area contributed by atoms with Gasteiger partial charge in [-0.15, -0.1) is 0 Å². The first kappa shape index (κ1) is 11.0. The van der Waals surface area contributed by atoms with E-state index in [1.807, 2.05) is 19.1 Å². The molecule has 1 aliphatic heterocycles. The highest BCUT2D eigenvalue weighted by atomic mass is 32.1. The quantitative estimate of drug-likeness (QED) is 0.843. The minimum absolute atomic E-state index is 0.493. The molecule has 1 aromatic carbocycles. The Labute approximate surface area is 105 Å². The summed E-state index contributed by atoms with van der Waals surface area (Å²) < 4.78 is 1.24. The van der Waals surface area contributed by atoms with Crippen LogP contribution in [0.2, 0.25) is 0 Å².